The summed E-state index contributed by atoms with van der Waals surface area (Å²) >= 11 is 5.87. The number of aromatic nitrogens is 1. The largest absolute Gasteiger partial charge is 0.465 e. The van der Waals surface area contributed by atoms with Crippen LogP contribution in [0.25, 0.3) is 0 Å². The summed E-state index contributed by atoms with van der Waals surface area (Å²) in [5, 5.41) is 12.4. The molecule has 0 aliphatic carbocycles. The van der Waals surface area contributed by atoms with E-state index in [1.54, 1.807) is 36.5 Å². The van der Waals surface area contributed by atoms with Crippen molar-refractivity contribution in [1.29, 1.82) is 0 Å². The van der Waals surface area contributed by atoms with Gasteiger partial charge < -0.3 is 20.1 Å². The maximum Gasteiger partial charge on any atom is 0.407 e. The first-order chi connectivity index (χ1) is 12.5. The van der Waals surface area contributed by atoms with Crippen LogP contribution in [0.4, 0.5) is 10.5 Å². The molecule has 0 radical (unpaired) electrons. The molecule has 0 atom stereocenters. The number of piperidine rings is 1. The Bertz CT molecular complexity index is 789. The molecular formula is C18H18ClN3O4. The standard InChI is InChI=1S/C18H18ClN3O4/c19-13-1-3-14(4-2-13)26-16-5-8-20-11-15(16)21-17(23)12-6-9-22(10-7-12)18(24)25/h1-5,8,11-12H,6-7,9-10H2,(H,21,23)(H,24,25). The molecule has 1 aromatic carbocycles. The fourth-order valence-corrected chi connectivity index (χ4v) is 2.89. The van der Waals surface area contributed by atoms with Crippen molar-refractivity contribution in [3.05, 3.63) is 47.7 Å². The molecule has 26 heavy (non-hydrogen) atoms. The fourth-order valence-electron chi connectivity index (χ4n) is 2.76. The first kappa shape index (κ1) is 18.0. The number of carbonyl (C=O) groups is 2. The zero-order chi connectivity index (χ0) is 18.5. The SMILES string of the molecule is O=C(Nc1cnccc1Oc1ccc(Cl)cc1)C1CCN(C(=O)O)CC1. The lowest BCUT2D eigenvalue weighted by atomic mass is 9.96. The van der Waals surface area contributed by atoms with E-state index in [-0.39, 0.29) is 11.8 Å². The molecule has 0 saturated carbocycles. The van der Waals surface area contributed by atoms with E-state index in [0.717, 1.165) is 0 Å². The summed E-state index contributed by atoms with van der Waals surface area (Å²) in [7, 11) is 0. The number of anilines is 1. The van der Waals surface area contributed by atoms with E-state index in [0.29, 0.717) is 48.1 Å². The number of nitrogens with one attached hydrogen (secondary N) is 1. The molecule has 1 aliphatic rings. The van der Waals surface area contributed by atoms with Crippen molar-refractivity contribution in [2.45, 2.75) is 12.8 Å². The summed E-state index contributed by atoms with van der Waals surface area (Å²) in [5.74, 6) is 0.655. The van der Waals surface area contributed by atoms with Crippen molar-refractivity contribution in [2.24, 2.45) is 5.92 Å². The summed E-state index contributed by atoms with van der Waals surface area (Å²) < 4.78 is 5.80. The minimum atomic E-state index is -0.949. The average Bonchev–Trinajstić information content (AvgIpc) is 2.65. The molecule has 1 aromatic heterocycles. The minimum Gasteiger partial charge on any atom is -0.465 e. The number of likely N-dealkylation sites (tertiary alicyclic amines) is 1. The van der Waals surface area contributed by atoms with Crippen LogP contribution in [0.1, 0.15) is 12.8 Å². The molecule has 2 heterocycles. The van der Waals surface area contributed by atoms with Gasteiger partial charge in [0.05, 0.1) is 6.20 Å². The number of rotatable bonds is 4. The van der Waals surface area contributed by atoms with E-state index in [4.69, 9.17) is 21.4 Å². The van der Waals surface area contributed by atoms with Crippen LogP contribution in [0.5, 0.6) is 11.5 Å². The molecule has 3 rings (SSSR count). The van der Waals surface area contributed by atoms with Gasteiger partial charge in [-0.15, -0.1) is 0 Å². The fraction of sp³-hybridized carbons (Fsp3) is 0.278. The number of carboxylic acid groups (broad SMARTS) is 1. The second-order valence-electron chi connectivity index (χ2n) is 5.96. The molecule has 136 valence electrons. The van der Waals surface area contributed by atoms with Gasteiger partial charge >= 0.3 is 6.09 Å². The lowest BCUT2D eigenvalue weighted by molar-refractivity contribution is -0.121. The number of hydrogen-bond acceptors (Lipinski definition) is 4. The molecule has 8 heteroatoms. The Labute approximate surface area is 155 Å². The van der Waals surface area contributed by atoms with E-state index in [1.807, 2.05) is 0 Å². The molecule has 2 amide bonds. The third-order valence-corrected chi connectivity index (χ3v) is 4.47. The summed E-state index contributed by atoms with van der Waals surface area (Å²) in [4.78, 5) is 28.8. The zero-order valence-electron chi connectivity index (χ0n) is 13.9. The van der Waals surface area contributed by atoms with Crippen LogP contribution in [0, 0.1) is 5.92 Å². The summed E-state index contributed by atoms with van der Waals surface area (Å²) in [6, 6.07) is 8.56. The Morgan fingerprint density at radius 1 is 1.19 bits per heavy atom. The molecule has 7 nitrogen and oxygen atoms in total. The molecule has 1 fully saturated rings. The monoisotopic (exact) mass is 375 g/mol. The van der Waals surface area contributed by atoms with Gasteiger partial charge in [0, 0.05) is 36.3 Å². The lowest BCUT2D eigenvalue weighted by Gasteiger charge is -2.29. The summed E-state index contributed by atoms with van der Waals surface area (Å²) in [6.07, 6.45) is 3.13. The van der Waals surface area contributed by atoms with Crippen LogP contribution in [0.15, 0.2) is 42.7 Å². The number of carbonyl (C=O) groups excluding carboxylic acids is 1. The number of hydrogen-bond donors (Lipinski definition) is 2. The number of benzene rings is 1. The van der Waals surface area contributed by atoms with E-state index >= 15 is 0 Å². The second-order valence-corrected chi connectivity index (χ2v) is 6.40. The van der Waals surface area contributed by atoms with Crippen molar-refractivity contribution >= 4 is 29.3 Å². The molecular weight excluding hydrogens is 358 g/mol. The molecule has 0 bridgehead atoms. The highest BCUT2D eigenvalue weighted by Crippen LogP contribution is 2.30. The predicted molar refractivity (Wildman–Crippen MR) is 96.7 cm³/mol. The average molecular weight is 376 g/mol. The minimum absolute atomic E-state index is 0.163. The van der Waals surface area contributed by atoms with Crippen LogP contribution in [-0.4, -0.2) is 40.1 Å². The van der Waals surface area contributed by atoms with E-state index in [2.05, 4.69) is 10.3 Å². The summed E-state index contributed by atoms with van der Waals surface area (Å²) in [5.41, 5.74) is 0.466. The highest BCUT2D eigenvalue weighted by Gasteiger charge is 2.27. The van der Waals surface area contributed by atoms with Gasteiger partial charge in [0.25, 0.3) is 0 Å². The van der Waals surface area contributed by atoms with Crippen LogP contribution >= 0.6 is 11.6 Å². The first-order valence-corrected chi connectivity index (χ1v) is 8.57. The Morgan fingerprint density at radius 2 is 1.88 bits per heavy atom. The van der Waals surface area contributed by atoms with Gasteiger partial charge in [0.1, 0.15) is 11.4 Å². The third-order valence-electron chi connectivity index (χ3n) is 4.22. The van der Waals surface area contributed by atoms with Crippen LogP contribution in [0.3, 0.4) is 0 Å². The first-order valence-electron chi connectivity index (χ1n) is 8.19. The van der Waals surface area contributed by atoms with Crippen molar-refractivity contribution in [2.75, 3.05) is 18.4 Å². The molecule has 2 aromatic rings. The molecule has 0 spiro atoms. The van der Waals surface area contributed by atoms with E-state index in [9.17, 15) is 9.59 Å². The van der Waals surface area contributed by atoms with Gasteiger partial charge in [-0.1, -0.05) is 11.6 Å². The van der Waals surface area contributed by atoms with Crippen LogP contribution in [-0.2, 0) is 4.79 Å². The molecule has 1 saturated heterocycles. The topological polar surface area (TPSA) is 91.8 Å². The van der Waals surface area contributed by atoms with Crippen molar-refractivity contribution in [3.8, 4) is 11.5 Å². The Hall–Kier alpha value is -2.80. The molecule has 1 aliphatic heterocycles. The predicted octanol–water partition coefficient (Wildman–Crippen LogP) is 3.86. The highest BCUT2D eigenvalue weighted by atomic mass is 35.5. The highest BCUT2D eigenvalue weighted by molar-refractivity contribution is 6.30. The van der Waals surface area contributed by atoms with Gasteiger partial charge in [-0.05, 0) is 37.1 Å². The molecule has 0 unspecified atom stereocenters. The number of amides is 2. The number of ether oxygens (including phenoxy) is 1. The Kier molecular flexibility index (Phi) is 5.58. The van der Waals surface area contributed by atoms with E-state index < -0.39 is 6.09 Å². The van der Waals surface area contributed by atoms with Crippen molar-refractivity contribution in [1.82, 2.24) is 9.88 Å². The smallest absolute Gasteiger partial charge is 0.407 e. The third kappa shape index (κ3) is 4.43. The normalized spacial score (nSPS) is 14.7. The van der Waals surface area contributed by atoms with Gasteiger partial charge in [0.2, 0.25) is 5.91 Å². The second kappa shape index (κ2) is 8.05. The number of halogens is 1. The quantitative estimate of drug-likeness (QED) is 0.846. The van der Waals surface area contributed by atoms with Crippen LogP contribution < -0.4 is 10.1 Å². The molecule has 2 N–H and O–H groups in total. The van der Waals surface area contributed by atoms with E-state index in [1.165, 1.54) is 11.1 Å². The van der Waals surface area contributed by atoms with Crippen LogP contribution in [0.2, 0.25) is 5.02 Å². The zero-order valence-corrected chi connectivity index (χ0v) is 14.6. The van der Waals surface area contributed by atoms with Gasteiger partial charge in [0.15, 0.2) is 5.75 Å². The van der Waals surface area contributed by atoms with Crippen molar-refractivity contribution < 1.29 is 19.4 Å². The van der Waals surface area contributed by atoms with Gasteiger partial charge in [-0.2, -0.15) is 0 Å². The lowest BCUT2D eigenvalue weighted by Crippen LogP contribution is -2.40. The number of pyridine rings is 1. The van der Waals surface area contributed by atoms with Crippen molar-refractivity contribution in [3.63, 3.8) is 0 Å². The van der Waals surface area contributed by atoms with Gasteiger partial charge in [-0.3, -0.25) is 9.78 Å². The maximum absolute atomic E-state index is 12.5. The number of nitrogens with zero attached hydrogens (tertiary/aromatic N) is 2. The van der Waals surface area contributed by atoms with Gasteiger partial charge in [-0.25, -0.2) is 4.79 Å². The Balaban J connectivity index is 1.65. The maximum atomic E-state index is 12.5. The summed E-state index contributed by atoms with van der Waals surface area (Å²) in [6.45, 7) is 0.711. The Morgan fingerprint density at radius 3 is 2.54 bits per heavy atom.